The molecule has 0 aliphatic carbocycles. The summed E-state index contributed by atoms with van der Waals surface area (Å²) in [7, 11) is 1.87. The van der Waals surface area contributed by atoms with Gasteiger partial charge in [0.05, 0.1) is 6.10 Å². The molecule has 1 aromatic rings. The summed E-state index contributed by atoms with van der Waals surface area (Å²) in [6, 6.07) is 3.23. The van der Waals surface area contributed by atoms with Gasteiger partial charge < -0.3 is 20.7 Å². The van der Waals surface area contributed by atoms with Crippen LogP contribution in [-0.2, 0) is 9.53 Å². The molecule has 126 valence electrons. The van der Waals surface area contributed by atoms with Crippen molar-refractivity contribution in [2.24, 2.45) is 0 Å². The summed E-state index contributed by atoms with van der Waals surface area (Å²) in [5, 5.41) is 8.59. The second-order valence-corrected chi connectivity index (χ2v) is 5.64. The standard InChI is InChI=1S/C16H24N4O3/c1-11-4-5-14(23-11)16(22)20-12-6-9-18-13(10-12)15(21)19-8-3-7-17-2/h6,9-11,14,17H,3-5,7-8H2,1-2H3,(H,19,21)(H,18,20,22)/t11?,14-/m1/s1. The molecule has 7 heteroatoms. The fourth-order valence-electron chi connectivity index (χ4n) is 2.41. The van der Waals surface area contributed by atoms with E-state index in [-0.39, 0.29) is 23.6 Å². The first kappa shape index (κ1) is 17.4. The molecule has 2 atom stereocenters. The van der Waals surface area contributed by atoms with Gasteiger partial charge in [0.15, 0.2) is 0 Å². The molecule has 1 aliphatic heterocycles. The van der Waals surface area contributed by atoms with Crippen molar-refractivity contribution in [1.29, 1.82) is 0 Å². The van der Waals surface area contributed by atoms with Crippen molar-refractivity contribution in [3.05, 3.63) is 24.0 Å². The molecule has 2 rings (SSSR count). The molecule has 1 aliphatic rings. The number of carbonyl (C=O) groups is 2. The topological polar surface area (TPSA) is 92.3 Å². The molecule has 1 fully saturated rings. The molecule has 1 aromatic heterocycles. The maximum absolute atomic E-state index is 12.1. The second kappa shape index (κ2) is 8.59. The van der Waals surface area contributed by atoms with E-state index in [1.807, 2.05) is 14.0 Å². The zero-order valence-electron chi connectivity index (χ0n) is 13.6. The number of nitrogens with one attached hydrogen (secondary N) is 3. The van der Waals surface area contributed by atoms with Crippen molar-refractivity contribution in [2.75, 3.05) is 25.5 Å². The van der Waals surface area contributed by atoms with Crippen LogP contribution in [0.2, 0.25) is 0 Å². The molecular formula is C16H24N4O3. The molecular weight excluding hydrogens is 296 g/mol. The number of carbonyl (C=O) groups excluding carboxylic acids is 2. The maximum atomic E-state index is 12.1. The van der Waals surface area contributed by atoms with Crippen molar-refractivity contribution in [3.63, 3.8) is 0 Å². The lowest BCUT2D eigenvalue weighted by molar-refractivity contribution is -0.126. The van der Waals surface area contributed by atoms with Crippen molar-refractivity contribution in [3.8, 4) is 0 Å². The van der Waals surface area contributed by atoms with Crippen molar-refractivity contribution >= 4 is 17.5 Å². The van der Waals surface area contributed by atoms with Gasteiger partial charge in [0, 0.05) is 18.4 Å². The van der Waals surface area contributed by atoms with Crippen LogP contribution in [0.25, 0.3) is 0 Å². The summed E-state index contributed by atoms with van der Waals surface area (Å²) in [6.07, 6.45) is 3.65. The fraction of sp³-hybridized carbons (Fsp3) is 0.562. The number of pyridine rings is 1. The van der Waals surface area contributed by atoms with Crippen LogP contribution >= 0.6 is 0 Å². The van der Waals surface area contributed by atoms with Crippen LogP contribution in [0.15, 0.2) is 18.3 Å². The Balaban J connectivity index is 1.88. The number of anilines is 1. The second-order valence-electron chi connectivity index (χ2n) is 5.64. The normalized spacial score (nSPS) is 20.3. The number of amides is 2. The Labute approximate surface area is 136 Å². The highest BCUT2D eigenvalue weighted by atomic mass is 16.5. The number of ether oxygens (including phenoxy) is 1. The van der Waals surface area contributed by atoms with Crippen LogP contribution in [0.4, 0.5) is 5.69 Å². The predicted octanol–water partition coefficient (Wildman–Crippen LogP) is 0.927. The molecule has 0 bridgehead atoms. The molecule has 23 heavy (non-hydrogen) atoms. The van der Waals surface area contributed by atoms with Crippen LogP contribution in [0.1, 0.15) is 36.7 Å². The summed E-state index contributed by atoms with van der Waals surface area (Å²) in [6.45, 7) is 3.37. The number of nitrogens with zero attached hydrogens (tertiary/aromatic N) is 1. The quantitative estimate of drug-likeness (QED) is 0.650. The third-order valence-corrected chi connectivity index (χ3v) is 3.67. The summed E-state index contributed by atoms with van der Waals surface area (Å²) in [5.41, 5.74) is 0.835. The molecule has 2 heterocycles. The molecule has 1 unspecified atom stereocenters. The van der Waals surface area contributed by atoms with E-state index >= 15 is 0 Å². The number of hydrogen-bond donors (Lipinski definition) is 3. The van der Waals surface area contributed by atoms with Crippen molar-refractivity contribution < 1.29 is 14.3 Å². The van der Waals surface area contributed by atoms with Gasteiger partial charge in [-0.05, 0) is 51.9 Å². The van der Waals surface area contributed by atoms with Gasteiger partial charge in [-0.2, -0.15) is 0 Å². The Morgan fingerprint density at radius 3 is 2.87 bits per heavy atom. The van der Waals surface area contributed by atoms with Gasteiger partial charge in [-0.25, -0.2) is 0 Å². The zero-order chi connectivity index (χ0) is 16.7. The Morgan fingerprint density at radius 2 is 2.17 bits per heavy atom. The molecule has 1 saturated heterocycles. The minimum Gasteiger partial charge on any atom is -0.365 e. The number of hydrogen-bond acceptors (Lipinski definition) is 5. The largest absolute Gasteiger partial charge is 0.365 e. The van der Waals surface area contributed by atoms with E-state index in [4.69, 9.17) is 4.74 Å². The third-order valence-electron chi connectivity index (χ3n) is 3.67. The average molecular weight is 320 g/mol. The maximum Gasteiger partial charge on any atom is 0.269 e. The third kappa shape index (κ3) is 5.30. The highest BCUT2D eigenvalue weighted by Gasteiger charge is 2.28. The van der Waals surface area contributed by atoms with Crippen LogP contribution in [-0.4, -0.2) is 49.1 Å². The van der Waals surface area contributed by atoms with Gasteiger partial charge >= 0.3 is 0 Å². The Hall–Kier alpha value is -1.99. The Bertz CT molecular complexity index is 550. The summed E-state index contributed by atoms with van der Waals surface area (Å²) < 4.78 is 5.54. The van der Waals surface area contributed by atoms with Gasteiger partial charge in [0.1, 0.15) is 11.8 Å². The SMILES string of the molecule is CNCCCNC(=O)c1cc(NC(=O)[C@H]2CCC(C)O2)ccn1. The zero-order valence-corrected chi connectivity index (χ0v) is 13.6. The van der Waals surface area contributed by atoms with E-state index in [0.717, 1.165) is 25.8 Å². The summed E-state index contributed by atoms with van der Waals surface area (Å²) in [5.74, 6) is -0.427. The van der Waals surface area contributed by atoms with Gasteiger partial charge in [-0.3, -0.25) is 14.6 Å². The lowest BCUT2D eigenvalue weighted by atomic mass is 10.2. The van der Waals surface area contributed by atoms with E-state index in [2.05, 4.69) is 20.9 Å². The minimum atomic E-state index is -0.419. The average Bonchev–Trinajstić information content (AvgIpc) is 2.98. The first-order valence-corrected chi connectivity index (χ1v) is 7.95. The number of rotatable bonds is 7. The van der Waals surface area contributed by atoms with Gasteiger partial charge in [-0.1, -0.05) is 0 Å². The Morgan fingerprint density at radius 1 is 1.35 bits per heavy atom. The Kier molecular flexibility index (Phi) is 6.49. The highest BCUT2D eigenvalue weighted by molar-refractivity contribution is 5.97. The fourth-order valence-corrected chi connectivity index (χ4v) is 2.41. The molecule has 0 saturated carbocycles. The first-order chi connectivity index (χ1) is 11.1. The van der Waals surface area contributed by atoms with E-state index in [1.165, 1.54) is 6.20 Å². The molecule has 0 radical (unpaired) electrons. The lowest BCUT2D eigenvalue weighted by Gasteiger charge is -2.12. The van der Waals surface area contributed by atoms with Crippen LogP contribution < -0.4 is 16.0 Å². The van der Waals surface area contributed by atoms with Gasteiger partial charge in [0.2, 0.25) is 0 Å². The van der Waals surface area contributed by atoms with Crippen LogP contribution in [0, 0.1) is 0 Å². The number of aromatic nitrogens is 1. The van der Waals surface area contributed by atoms with E-state index in [0.29, 0.717) is 12.2 Å². The predicted molar refractivity (Wildman–Crippen MR) is 87.3 cm³/mol. The summed E-state index contributed by atoms with van der Waals surface area (Å²) >= 11 is 0. The first-order valence-electron chi connectivity index (χ1n) is 7.95. The summed E-state index contributed by atoms with van der Waals surface area (Å²) in [4.78, 5) is 28.2. The van der Waals surface area contributed by atoms with Crippen LogP contribution in [0.5, 0.6) is 0 Å². The van der Waals surface area contributed by atoms with E-state index < -0.39 is 6.10 Å². The smallest absolute Gasteiger partial charge is 0.269 e. The van der Waals surface area contributed by atoms with Crippen LogP contribution in [0.3, 0.4) is 0 Å². The lowest BCUT2D eigenvalue weighted by Crippen LogP contribution is -2.29. The van der Waals surface area contributed by atoms with E-state index in [1.54, 1.807) is 12.1 Å². The molecule has 0 aromatic carbocycles. The monoisotopic (exact) mass is 320 g/mol. The van der Waals surface area contributed by atoms with Crippen molar-refractivity contribution in [1.82, 2.24) is 15.6 Å². The van der Waals surface area contributed by atoms with Crippen molar-refractivity contribution in [2.45, 2.75) is 38.4 Å². The molecule has 2 amide bonds. The van der Waals surface area contributed by atoms with Gasteiger partial charge in [-0.15, -0.1) is 0 Å². The molecule has 7 nitrogen and oxygen atoms in total. The molecule has 3 N–H and O–H groups in total. The van der Waals surface area contributed by atoms with E-state index in [9.17, 15) is 9.59 Å². The highest BCUT2D eigenvalue weighted by Crippen LogP contribution is 2.20. The van der Waals surface area contributed by atoms with Gasteiger partial charge in [0.25, 0.3) is 11.8 Å². The molecule has 0 spiro atoms. The minimum absolute atomic E-state index is 0.113.